The van der Waals surface area contributed by atoms with Crippen molar-refractivity contribution in [1.29, 1.82) is 0 Å². The predicted molar refractivity (Wildman–Crippen MR) is 172 cm³/mol. The summed E-state index contributed by atoms with van der Waals surface area (Å²) in [6.07, 6.45) is 22.2. The van der Waals surface area contributed by atoms with Gasteiger partial charge in [0.25, 0.3) is 0 Å². The van der Waals surface area contributed by atoms with E-state index in [9.17, 15) is 9.59 Å². The summed E-state index contributed by atoms with van der Waals surface area (Å²) < 4.78 is 16.4. The van der Waals surface area contributed by atoms with Crippen LogP contribution in [0.25, 0.3) is 0 Å². The van der Waals surface area contributed by atoms with Crippen molar-refractivity contribution >= 4 is 49.5 Å². The van der Waals surface area contributed by atoms with Crippen LogP contribution in [0.1, 0.15) is 156 Å². The molecule has 39 heavy (non-hydrogen) atoms. The standard InChI is InChI=1S/2C8H15O2.4C4H9.O.2Sn/c2*1-2-3-4-5-6-7-8(9)10;4*1-3-4-2;;;/h2*1-7H2,(H,9,10);4*1,3-4H2,2H3;;;. The zero-order chi connectivity index (χ0) is 29.2. The van der Waals surface area contributed by atoms with Crippen LogP contribution in [0.3, 0.4) is 0 Å². The van der Waals surface area contributed by atoms with Crippen molar-refractivity contribution in [1.82, 2.24) is 0 Å². The maximum absolute atomic E-state index is 10.8. The van der Waals surface area contributed by atoms with Crippen molar-refractivity contribution < 1.29 is 21.2 Å². The Hall–Kier alpha value is 0.497. The first-order valence-corrected chi connectivity index (χ1v) is 31.4. The zero-order valence-electron chi connectivity index (χ0n) is 26.5. The van der Waals surface area contributed by atoms with Crippen LogP contribution in [-0.4, -0.2) is 59.7 Å². The van der Waals surface area contributed by atoms with Crippen LogP contribution in [-0.2, 0) is 11.0 Å². The van der Waals surface area contributed by atoms with Gasteiger partial charge in [-0.2, -0.15) is 0 Å². The molecule has 232 valence electrons. The Balaban J connectivity index is 5.54. The molecular formula is C32H66O5Sn2. The van der Waals surface area contributed by atoms with E-state index in [1.807, 2.05) is 0 Å². The molecule has 0 unspecified atom stereocenters. The second-order valence-corrected chi connectivity index (χ2v) is 38.8. The number of unbranched alkanes of at least 4 members (excludes halogenated alkanes) is 12. The van der Waals surface area contributed by atoms with Gasteiger partial charge in [0.2, 0.25) is 0 Å². The molecule has 5 nitrogen and oxygen atoms in total. The van der Waals surface area contributed by atoms with E-state index in [2.05, 4.69) is 27.7 Å². The summed E-state index contributed by atoms with van der Waals surface area (Å²) in [5.41, 5.74) is 0. The van der Waals surface area contributed by atoms with Gasteiger partial charge >= 0.3 is 253 Å². The molecule has 0 aromatic carbocycles. The number of rotatable bonds is 30. The number of carbonyl (C=O) groups is 2. The third kappa shape index (κ3) is 21.8. The van der Waals surface area contributed by atoms with Crippen LogP contribution in [0.15, 0.2) is 0 Å². The third-order valence-corrected chi connectivity index (χ3v) is 49.1. The fraction of sp³-hybridized carbons (Fsp3) is 0.938. The molecule has 0 spiro atoms. The van der Waals surface area contributed by atoms with Gasteiger partial charge in [-0.3, -0.25) is 0 Å². The van der Waals surface area contributed by atoms with Crippen molar-refractivity contribution in [3.8, 4) is 0 Å². The van der Waals surface area contributed by atoms with Crippen LogP contribution >= 0.6 is 0 Å². The Morgan fingerprint density at radius 1 is 0.436 bits per heavy atom. The maximum atomic E-state index is 10.8. The fourth-order valence-corrected chi connectivity index (χ4v) is 60.5. The number of hydrogen-bond acceptors (Lipinski definition) is 3. The molecule has 0 aromatic heterocycles. The summed E-state index contributed by atoms with van der Waals surface area (Å²) in [5.74, 6) is -1.33. The SMILES string of the molecule is CCC[CH2][Sn]([CH2]CCC)([CH2]CCCCCCC(=O)O)[O][Sn]([CH2]CCC)([CH2]CCC)[CH2]CCCCCCC(=O)O. The van der Waals surface area contributed by atoms with E-state index in [0.29, 0.717) is 12.8 Å². The van der Waals surface area contributed by atoms with Crippen LogP contribution in [0.4, 0.5) is 0 Å². The summed E-state index contributed by atoms with van der Waals surface area (Å²) in [6.45, 7) is 9.36. The Bertz CT molecular complexity index is 533. The molecule has 2 N–H and O–H groups in total. The van der Waals surface area contributed by atoms with E-state index >= 15 is 0 Å². The topological polar surface area (TPSA) is 83.8 Å². The minimum absolute atomic E-state index is 0.310. The van der Waals surface area contributed by atoms with E-state index in [4.69, 9.17) is 11.6 Å². The molecule has 0 bridgehead atoms. The number of carboxylic acid groups (broad SMARTS) is 2. The molecule has 0 fully saturated rings. The average Bonchev–Trinajstić information content (AvgIpc) is 2.91. The van der Waals surface area contributed by atoms with E-state index in [1.54, 1.807) is 0 Å². The minimum atomic E-state index is -2.77. The fourth-order valence-electron chi connectivity index (χ4n) is 6.02. The first kappa shape index (κ1) is 39.5. The van der Waals surface area contributed by atoms with E-state index in [0.717, 1.165) is 25.7 Å². The van der Waals surface area contributed by atoms with Crippen molar-refractivity contribution in [3.63, 3.8) is 0 Å². The van der Waals surface area contributed by atoms with Gasteiger partial charge < -0.3 is 0 Å². The van der Waals surface area contributed by atoms with Crippen molar-refractivity contribution in [2.75, 3.05) is 0 Å². The van der Waals surface area contributed by atoms with Gasteiger partial charge in [-0.15, -0.1) is 0 Å². The zero-order valence-corrected chi connectivity index (χ0v) is 32.2. The molecule has 0 saturated carbocycles. The second-order valence-electron chi connectivity index (χ2n) is 12.2. The summed E-state index contributed by atoms with van der Waals surface area (Å²) >= 11 is -5.55. The molecule has 0 atom stereocenters. The average molecular weight is 768 g/mol. The molecule has 0 aliphatic heterocycles. The Labute approximate surface area is 251 Å². The van der Waals surface area contributed by atoms with E-state index < -0.39 is 49.5 Å². The van der Waals surface area contributed by atoms with E-state index in [1.165, 1.54) is 117 Å². The van der Waals surface area contributed by atoms with Crippen LogP contribution < -0.4 is 0 Å². The summed E-state index contributed by atoms with van der Waals surface area (Å²) in [7, 11) is 0. The summed E-state index contributed by atoms with van der Waals surface area (Å²) in [6, 6.07) is 0. The number of aliphatic carboxylic acids is 2. The second kappa shape index (κ2) is 26.1. The van der Waals surface area contributed by atoms with Gasteiger partial charge in [-0.25, -0.2) is 0 Å². The Morgan fingerprint density at radius 3 is 0.974 bits per heavy atom. The van der Waals surface area contributed by atoms with Gasteiger partial charge in [0.05, 0.1) is 0 Å². The van der Waals surface area contributed by atoms with Crippen molar-refractivity contribution in [2.24, 2.45) is 0 Å². The van der Waals surface area contributed by atoms with Gasteiger partial charge in [0.1, 0.15) is 0 Å². The summed E-state index contributed by atoms with van der Waals surface area (Å²) in [4.78, 5) is 21.7. The first-order chi connectivity index (χ1) is 18.8. The van der Waals surface area contributed by atoms with Crippen molar-refractivity contribution in [2.45, 2.75) is 183 Å². The summed E-state index contributed by atoms with van der Waals surface area (Å²) in [5, 5.41) is 17.9. The van der Waals surface area contributed by atoms with Gasteiger partial charge in [0.15, 0.2) is 0 Å². The quantitative estimate of drug-likeness (QED) is 0.0562. The molecule has 0 rings (SSSR count). The molecule has 0 heterocycles. The number of carboxylic acids is 2. The van der Waals surface area contributed by atoms with Crippen LogP contribution in [0.2, 0.25) is 26.6 Å². The van der Waals surface area contributed by atoms with Gasteiger partial charge in [-0.1, -0.05) is 0 Å². The molecule has 7 heteroatoms. The Kier molecular flexibility index (Phi) is 26.5. The van der Waals surface area contributed by atoms with Crippen LogP contribution in [0.5, 0.6) is 0 Å². The van der Waals surface area contributed by atoms with Crippen molar-refractivity contribution in [3.05, 3.63) is 0 Å². The van der Waals surface area contributed by atoms with Crippen LogP contribution in [0, 0.1) is 0 Å². The normalized spacial score (nSPS) is 12.2. The first-order valence-electron chi connectivity index (χ1n) is 16.9. The van der Waals surface area contributed by atoms with Gasteiger partial charge in [-0.05, 0) is 0 Å². The molecule has 0 radical (unpaired) electrons. The molecular weight excluding hydrogens is 702 g/mol. The molecule has 0 saturated heterocycles. The molecule has 0 aromatic rings. The molecule has 0 amide bonds. The predicted octanol–water partition coefficient (Wildman–Crippen LogP) is 10.9. The number of hydrogen-bond donors (Lipinski definition) is 2. The third-order valence-electron chi connectivity index (χ3n) is 8.42. The Morgan fingerprint density at radius 2 is 0.692 bits per heavy atom. The van der Waals surface area contributed by atoms with Gasteiger partial charge in [0, 0.05) is 0 Å². The van der Waals surface area contributed by atoms with E-state index in [-0.39, 0.29) is 0 Å². The molecule has 0 aliphatic carbocycles. The monoisotopic (exact) mass is 770 g/mol. The molecule has 0 aliphatic rings.